The summed E-state index contributed by atoms with van der Waals surface area (Å²) in [5.41, 5.74) is 7.28. The third-order valence-corrected chi connectivity index (χ3v) is 5.48. The number of nitrogens with zero attached hydrogens (tertiary/aromatic N) is 2. The van der Waals surface area contributed by atoms with Crippen LogP contribution in [0.2, 0.25) is 0 Å². The van der Waals surface area contributed by atoms with Gasteiger partial charge in [-0.1, -0.05) is 51.1 Å². The third kappa shape index (κ3) is 4.37. The summed E-state index contributed by atoms with van der Waals surface area (Å²) in [7, 11) is 1.95. The van der Waals surface area contributed by atoms with Crippen LogP contribution in [0.5, 0.6) is 0 Å². The van der Waals surface area contributed by atoms with Gasteiger partial charge in [-0.3, -0.25) is 9.69 Å². The zero-order chi connectivity index (χ0) is 17.9. The number of hydrogen-bond acceptors (Lipinski definition) is 3. The Kier molecular flexibility index (Phi) is 6.41. The molecule has 4 unspecified atom stereocenters. The van der Waals surface area contributed by atoms with Gasteiger partial charge in [0.2, 0.25) is 5.91 Å². The lowest BCUT2D eigenvalue weighted by Crippen LogP contribution is -2.56. The number of carbonyl (C=O) groups excluding carboxylic acids is 1. The summed E-state index contributed by atoms with van der Waals surface area (Å²) < 4.78 is 0. The van der Waals surface area contributed by atoms with E-state index in [0.717, 1.165) is 19.6 Å². The first-order valence-electron chi connectivity index (χ1n) is 9.09. The molecular formula is C20H33N3O. The monoisotopic (exact) mass is 331 g/mol. The summed E-state index contributed by atoms with van der Waals surface area (Å²) in [4.78, 5) is 17.1. The Bertz CT molecular complexity index is 519. The third-order valence-electron chi connectivity index (χ3n) is 5.48. The lowest BCUT2D eigenvalue weighted by molar-refractivity contribution is -0.140. The molecule has 134 valence electrons. The number of nitrogens with two attached hydrogens (primary N) is 1. The van der Waals surface area contributed by atoms with Crippen LogP contribution in [0, 0.1) is 17.8 Å². The highest BCUT2D eigenvalue weighted by atomic mass is 16.2. The van der Waals surface area contributed by atoms with Crippen molar-refractivity contribution in [3.8, 4) is 0 Å². The maximum atomic E-state index is 12.7. The molecule has 2 N–H and O–H groups in total. The van der Waals surface area contributed by atoms with Crippen molar-refractivity contribution in [3.05, 3.63) is 35.9 Å². The van der Waals surface area contributed by atoms with Gasteiger partial charge in [0.25, 0.3) is 0 Å². The molecule has 1 aromatic rings. The largest absolute Gasteiger partial charge is 0.342 e. The van der Waals surface area contributed by atoms with Crippen LogP contribution in [-0.2, 0) is 11.3 Å². The molecule has 4 atom stereocenters. The van der Waals surface area contributed by atoms with Gasteiger partial charge in [-0.25, -0.2) is 0 Å². The predicted octanol–water partition coefficient (Wildman–Crippen LogP) is 2.58. The Morgan fingerprint density at radius 2 is 1.75 bits per heavy atom. The minimum Gasteiger partial charge on any atom is -0.342 e. The Balaban J connectivity index is 2.01. The molecule has 0 radical (unpaired) electrons. The van der Waals surface area contributed by atoms with Gasteiger partial charge in [-0.15, -0.1) is 0 Å². The molecule has 1 heterocycles. The summed E-state index contributed by atoms with van der Waals surface area (Å²) in [6, 6.07) is 10.8. The summed E-state index contributed by atoms with van der Waals surface area (Å²) in [6.07, 6.45) is 0. The SMILES string of the molecule is CC(N)C(C)C(=O)N(C)C1C(C)CN(Cc2ccccc2)CC1C. The van der Waals surface area contributed by atoms with Crippen LogP contribution in [0.15, 0.2) is 30.3 Å². The van der Waals surface area contributed by atoms with Crippen molar-refractivity contribution in [2.75, 3.05) is 20.1 Å². The number of likely N-dealkylation sites (tertiary alicyclic amines) is 1. The van der Waals surface area contributed by atoms with Gasteiger partial charge >= 0.3 is 0 Å². The molecule has 1 aromatic carbocycles. The van der Waals surface area contributed by atoms with Crippen LogP contribution in [0.25, 0.3) is 0 Å². The maximum absolute atomic E-state index is 12.7. The second-order valence-electron chi connectivity index (χ2n) is 7.72. The summed E-state index contributed by atoms with van der Waals surface area (Å²) in [5, 5.41) is 0. The van der Waals surface area contributed by atoms with Gasteiger partial charge in [-0.2, -0.15) is 0 Å². The highest BCUT2D eigenvalue weighted by Crippen LogP contribution is 2.28. The molecule has 0 bridgehead atoms. The summed E-state index contributed by atoms with van der Waals surface area (Å²) >= 11 is 0. The fourth-order valence-corrected chi connectivity index (χ4v) is 4.09. The Morgan fingerprint density at radius 1 is 1.21 bits per heavy atom. The van der Waals surface area contributed by atoms with Crippen molar-refractivity contribution in [2.45, 2.75) is 46.3 Å². The van der Waals surface area contributed by atoms with Crippen LogP contribution in [0.3, 0.4) is 0 Å². The molecule has 1 aliphatic heterocycles. The standard InChI is InChI=1S/C20H33N3O/c1-14-11-23(13-18-9-7-6-8-10-18)12-15(2)19(14)22(5)20(24)16(3)17(4)21/h6-10,14-17,19H,11-13,21H2,1-5H3. The Labute approximate surface area is 147 Å². The fourth-order valence-electron chi connectivity index (χ4n) is 4.09. The van der Waals surface area contributed by atoms with E-state index >= 15 is 0 Å². The van der Waals surface area contributed by atoms with Gasteiger partial charge in [0, 0.05) is 38.8 Å². The first-order valence-corrected chi connectivity index (χ1v) is 9.09. The van der Waals surface area contributed by atoms with Crippen molar-refractivity contribution in [1.82, 2.24) is 9.80 Å². The number of hydrogen-bond donors (Lipinski definition) is 1. The smallest absolute Gasteiger partial charge is 0.226 e. The van der Waals surface area contributed by atoms with Gasteiger partial charge in [0.05, 0.1) is 5.92 Å². The average Bonchev–Trinajstić information content (AvgIpc) is 2.53. The molecular weight excluding hydrogens is 298 g/mol. The van der Waals surface area contributed by atoms with Crippen LogP contribution >= 0.6 is 0 Å². The molecule has 1 aliphatic rings. The minimum absolute atomic E-state index is 0.108. The molecule has 24 heavy (non-hydrogen) atoms. The van der Waals surface area contributed by atoms with Crippen molar-refractivity contribution >= 4 is 5.91 Å². The zero-order valence-electron chi connectivity index (χ0n) is 15.8. The average molecular weight is 332 g/mol. The van der Waals surface area contributed by atoms with Gasteiger partial charge in [0.15, 0.2) is 0 Å². The second kappa shape index (κ2) is 8.13. The lowest BCUT2D eigenvalue weighted by atomic mass is 9.83. The molecule has 0 aromatic heterocycles. The van der Waals surface area contributed by atoms with E-state index in [1.165, 1.54) is 5.56 Å². The minimum atomic E-state index is -0.128. The van der Waals surface area contributed by atoms with Crippen LogP contribution < -0.4 is 5.73 Å². The van der Waals surface area contributed by atoms with E-state index in [0.29, 0.717) is 11.8 Å². The molecule has 1 saturated heterocycles. The van der Waals surface area contributed by atoms with E-state index in [1.54, 1.807) is 0 Å². The van der Waals surface area contributed by atoms with E-state index in [9.17, 15) is 4.79 Å². The lowest BCUT2D eigenvalue weighted by Gasteiger charge is -2.46. The van der Waals surface area contributed by atoms with Crippen molar-refractivity contribution in [3.63, 3.8) is 0 Å². The Hall–Kier alpha value is -1.39. The summed E-state index contributed by atoms with van der Waals surface area (Å²) in [6.45, 7) is 11.4. The topological polar surface area (TPSA) is 49.6 Å². The quantitative estimate of drug-likeness (QED) is 0.902. The molecule has 1 amide bonds. The van der Waals surface area contributed by atoms with Gasteiger partial charge < -0.3 is 10.6 Å². The first kappa shape index (κ1) is 18.9. The van der Waals surface area contributed by atoms with Crippen LogP contribution in [-0.4, -0.2) is 47.9 Å². The zero-order valence-corrected chi connectivity index (χ0v) is 15.8. The predicted molar refractivity (Wildman–Crippen MR) is 99.4 cm³/mol. The molecule has 0 aliphatic carbocycles. The summed E-state index contributed by atoms with van der Waals surface area (Å²) in [5.74, 6) is 0.945. The molecule has 1 fully saturated rings. The molecule has 2 rings (SSSR count). The van der Waals surface area contributed by atoms with Crippen LogP contribution in [0.4, 0.5) is 0 Å². The van der Waals surface area contributed by atoms with Crippen molar-refractivity contribution < 1.29 is 4.79 Å². The van der Waals surface area contributed by atoms with E-state index in [4.69, 9.17) is 5.73 Å². The number of rotatable bonds is 5. The van der Waals surface area contributed by atoms with Crippen LogP contribution in [0.1, 0.15) is 33.3 Å². The van der Waals surface area contributed by atoms with Gasteiger partial charge in [-0.05, 0) is 24.3 Å². The van der Waals surface area contributed by atoms with Crippen molar-refractivity contribution in [1.29, 1.82) is 0 Å². The van der Waals surface area contributed by atoms with Crippen molar-refractivity contribution in [2.24, 2.45) is 23.5 Å². The number of benzene rings is 1. The maximum Gasteiger partial charge on any atom is 0.226 e. The fraction of sp³-hybridized carbons (Fsp3) is 0.650. The van der Waals surface area contributed by atoms with E-state index in [-0.39, 0.29) is 23.9 Å². The Morgan fingerprint density at radius 3 is 2.25 bits per heavy atom. The first-order chi connectivity index (χ1) is 11.3. The van der Waals surface area contributed by atoms with Gasteiger partial charge in [0.1, 0.15) is 0 Å². The highest BCUT2D eigenvalue weighted by Gasteiger charge is 2.37. The molecule has 4 heteroatoms. The second-order valence-corrected chi connectivity index (χ2v) is 7.72. The molecule has 0 spiro atoms. The van der Waals surface area contributed by atoms with E-state index in [2.05, 4.69) is 49.1 Å². The number of carbonyl (C=O) groups is 1. The molecule has 0 saturated carbocycles. The number of amides is 1. The normalized spacial score (nSPS) is 27.5. The highest BCUT2D eigenvalue weighted by molar-refractivity contribution is 5.79. The number of piperidine rings is 1. The van der Waals surface area contributed by atoms with E-state index in [1.807, 2.05) is 25.8 Å². The van der Waals surface area contributed by atoms with E-state index < -0.39 is 0 Å². The molecule has 4 nitrogen and oxygen atoms in total.